The first-order valence-electron chi connectivity index (χ1n) is 7.53. The van der Waals surface area contributed by atoms with Gasteiger partial charge in [-0.2, -0.15) is 0 Å². The van der Waals surface area contributed by atoms with E-state index in [0.29, 0.717) is 16.1 Å². The number of nitrogens with zero attached hydrogens (tertiary/aromatic N) is 5. The van der Waals surface area contributed by atoms with Crippen molar-refractivity contribution in [3.8, 4) is 5.69 Å². The molecule has 128 valence electrons. The average Bonchev–Trinajstić information content (AvgIpc) is 3.11. The number of para-hydroxylation sites is 2. The number of fused-ring (bicyclic) bond motifs is 1. The van der Waals surface area contributed by atoms with Gasteiger partial charge in [-0.1, -0.05) is 24.3 Å². The predicted molar refractivity (Wildman–Crippen MR) is 88.8 cm³/mol. The Morgan fingerprint density at radius 2 is 1.73 bits per heavy atom. The predicted octanol–water partition coefficient (Wildman–Crippen LogP) is 2.74. The molecule has 9 heteroatoms. The smallest absolute Gasteiger partial charge is 0.298 e. The van der Waals surface area contributed by atoms with Gasteiger partial charge in [0.05, 0.1) is 5.52 Å². The number of carbonyl (C=O) groups is 1. The normalized spacial score (nSPS) is 10.8. The van der Waals surface area contributed by atoms with Crippen LogP contribution in [0.5, 0.6) is 0 Å². The zero-order chi connectivity index (χ0) is 18.1. The van der Waals surface area contributed by atoms with Crippen LogP contribution < -0.4 is 5.32 Å². The van der Waals surface area contributed by atoms with Crippen LogP contribution in [0.1, 0.15) is 10.6 Å². The maximum atomic E-state index is 13.8. The molecule has 0 spiro atoms. The Hall–Kier alpha value is -3.75. The number of hydrogen-bond donors (Lipinski definition) is 1. The standard InChI is InChI=1S/C17H10F2N6O/c18-11-5-3-6-12(19)15(11)25-23-16(22-24-25)17(26)21-14-9-8-10-4-1-2-7-13(10)20-14/h1-9H,(H,20,21,26). The molecule has 2 aromatic carbocycles. The number of hydrogen-bond acceptors (Lipinski definition) is 5. The van der Waals surface area contributed by atoms with Crippen LogP contribution in [0.4, 0.5) is 14.6 Å². The Morgan fingerprint density at radius 1 is 0.962 bits per heavy atom. The van der Waals surface area contributed by atoms with Crippen LogP contribution in [0.15, 0.2) is 54.6 Å². The first kappa shape index (κ1) is 15.8. The van der Waals surface area contributed by atoms with Crippen molar-refractivity contribution in [3.63, 3.8) is 0 Å². The summed E-state index contributed by atoms with van der Waals surface area (Å²) in [5.74, 6) is -2.49. The number of carbonyl (C=O) groups excluding carboxylic acids is 1. The minimum Gasteiger partial charge on any atom is -0.304 e. The van der Waals surface area contributed by atoms with Crippen molar-refractivity contribution in [2.24, 2.45) is 0 Å². The number of pyridine rings is 1. The summed E-state index contributed by atoms with van der Waals surface area (Å²) in [6.07, 6.45) is 0. The molecule has 0 radical (unpaired) electrons. The van der Waals surface area contributed by atoms with Crippen LogP contribution in [-0.2, 0) is 0 Å². The molecule has 0 atom stereocenters. The van der Waals surface area contributed by atoms with E-state index in [-0.39, 0.29) is 5.82 Å². The SMILES string of the molecule is O=C(Nc1ccc2ccccc2n1)c1nnn(-c2c(F)cccc2F)n1. The maximum Gasteiger partial charge on any atom is 0.298 e. The van der Waals surface area contributed by atoms with E-state index in [1.54, 1.807) is 18.2 Å². The van der Waals surface area contributed by atoms with Crippen molar-refractivity contribution in [2.45, 2.75) is 0 Å². The molecule has 0 saturated heterocycles. The first-order chi connectivity index (χ1) is 12.6. The summed E-state index contributed by atoms with van der Waals surface area (Å²) < 4.78 is 27.5. The summed E-state index contributed by atoms with van der Waals surface area (Å²) in [6, 6.07) is 14.2. The monoisotopic (exact) mass is 352 g/mol. The maximum absolute atomic E-state index is 13.8. The number of benzene rings is 2. The number of halogens is 2. The molecular weight excluding hydrogens is 342 g/mol. The summed E-state index contributed by atoms with van der Waals surface area (Å²) in [5.41, 5.74) is 0.193. The second-order valence-corrected chi connectivity index (χ2v) is 5.32. The third-order valence-corrected chi connectivity index (χ3v) is 3.59. The molecule has 0 saturated carbocycles. The van der Waals surface area contributed by atoms with E-state index < -0.39 is 23.2 Å². The highest BCUT2D eigenvalue weighted by molar-refractivity contribution is 6.01. The van der Waals surface area contributed by atoms with E-state index in [2.05, 4.69) is 25.7 Å². The lowest BCUT2D eigenvalue weighted by Crippen LogP contribution is -2.15. The average molecular weight is 352 g/mol. The summed E-state index contributed by atoms with van der Waals surface area (Å²) in [4.78, 5) is 17.2. The van der Waals surface area contributed by atoms with E-state index in [4.69, 9.17) is 0 Å². The van der Waals surface area contributed by atoms with Crippen LogP contribution in [0.3, 0.4) is 0 Å². The molecular formula is C17H10F2N6O. The lowest BCUT2D eigenvalue weighted by Gasteiger charge is -2.03. The summed E-state index contributed by atoms with van der Waals surface area (Å²) in [6.45, 7) is 0. The van der Waals surface area contributed by atoms with Crippen LogP contribution in [0, 0.1) is 11.6 Å². The second-order valence-electron chi connectivity index (χ2n) is 5.32. The highest BCUT2D eigenvalue weighted by atomic mass is 19.1. The number of aromatic nitrogens is 5. The molecule has 0 aliphatic heterocycles. The largest absolute Gasteiger partial charge is 0.304 e. The second kappa shape index (κ2) is 6.28. The minimum absolute atomic E-state index is 0.294. The van der Waals surface area contributed by atoms with Crippen molar-refractivity contribution >= 4 is 22.6 Å². The molecule has 1 N–H and O–H groups in total. The molecule has 4 aromatic rings. The van der Waals surface area contributed by atoms with Gasteiger partial charge in [-0.05, 0) is 35.5 Å². The van der Waals surface area contributed by atoms with Gasteiger partial charge in [0.2, 0.25) is 0 Å². The van der Waals surface area contributed by atoms with Gasteiger partial charge in [-0.15, -0.1) is 15.0 Å². The zero-order valence-electron chi connectivity index (χ0n) is 13.1. The van der Waals surface area contributed by atoms with Crippen LogP contribution in [0.2, 0.25) is 0 Å². The minimum atomic E-state index is -0.870. The van der Waals surface area contributed by atoms with Crippen molar-refractivity contribution in [2.75, 3.05) is 5.32 Å². The van der Waals surface area contributed by atoms with E-state index >= 15 is 0 Å². The fourth-order valence-corrected chi connectivity index (χ4v) is 2.39. The molecule has 0 fully saturated rings. The Morgan fingerprint density at radius 3 is 2.54 bits per heavy atom. The fourth-order valence-electron chi connectivity index (χ4n) is 2.39. The van der Waals surface area contributed by atoms with Gasteiger partial charge in [0.1, 0.15) is 5.82 Å². The van der Waals surface area contributed by atoms with Crippen LogP contribution in [-0.4, -0.2) is 31.1 Å². The van der Waals surface area contributed by atoms with Gasteiger partial charge in [0.15, 0.2) is 17.3 Å². The van der Waals surface area contributed by atoms with Crippen molar-refractivity contribution in [3.05, 3.63) is 72.1 Å². The van der Waals surface area contributed by atoms with E-state index in [9.17, 15) is 13.6 Å². The lowest BCUT2D eigenvalue weighted by atomic mass is 10.2. The molecule has 0 bridgehead atoms. The number of amides is 1. The quantitative estimate of drug-likeness (QED) is 0.613. The van der Waals surface area contributed by atoms with Gasteiger partial charge in [0.25, 0.3) is 11.7 Å². The molecule has 2 heterocycles. The third kappa shape index (κ3) is 2.86. The molecule has 4 rings (SSSR count). The van der Waals surface area contributed by atoms with Crippen LogP contribution >= 0.6 is 0 Å². The Bertz CT molecular complexity index is 1110. The van der Waals surface area contributed by atoms with E-state index in [1.807, 2.05) is 18.2 Å². The number of anilines is 1. The Labute approximate surface area is 145 Å². The lowest BCUT2D eigenvalue weighted by molar-refractivity contribution is 0.101. The highest BCUT2D eigenvalue weighted by Gasteiger charge is 2.18. The van der Waals surface area contributed by atoms with Gasteiger partial charge < -0.3 is 5.32 Å². The topological polar surface area (TPSA) is 85.6 Å². The Kier molecular flexibility index (Phi) is 3.81. The van der Waals surface area contributed by atoms with Gasteiger partial charge in [0, 0.05) is 5.39 Å². The molecule has 0 unspecified atom stereocenters. The summed E-state index contributed by atoms with van der Waals surface area (Å²) in [7, 11) is 0. The third-order valence-electron chi connectivity index (χ3n) is 3.59. The van der Waals surface area contributed by atoms with Gasteiger partial charge in [-0.3, -0.25) is 4.79 Å². The first-order valence-corrected chi connectivity index (χ1v) is 7.53. The summed E-state index contributed by atoms with van der Waals surface area (Å²) >= 11 is 0. The van der Waals surface area contributed by atoms with Gasteiger partial charge in [-0.25, -0.2) is 13.8 Å². The number of rotatable bonds is 3. The zero-order valence-corrected chi connectivity index (χ0v) is 13.1. The summed E-state index contributed by atoms with van der Waals surface area (Å²) in [5, 5.41) is 14.3. The van der Waals surface area contributed by atoms with E-state index in [1.165, 1.54) is 6.07 Å². The van der Waals surface area contributed by atoms with E-state index in [0.717, 1.165) is 17.5 Å². The number of nitrogens with one attached hydrogen (secondary N) is 1. The highest BCUT2D eigenvalue weighted by Crippen LogP contribution is 2.16. The molecule has 2 aromatic heterocycles. The van der Waals surface area contributed by atoms with Crippen molar-refractivity contribution < 1.29 is 13.6 Å². The van der Waals surface area contributed by atoms with Crippen LogP contribution in [0.25, 0.3) is 16.6 Å². The molecule has 1 amide bonds. The fraction of sp³-hybridized carbons (Fsp3) is 0. The molecule has 7 nitrogen and oxygen atoms in total. The number of tetrazole rings is 1. The molecule has 26 heavy (non-hydrogen) atoms. The Balaban J connectivity index is 1.60. The van der Waals surface area contributed by atoms with Gasteiger partial charge >= 0.3 is 0 Å². The molecule has 0 aliphatic carbocycles. The van der Waals surface area contributed by atoms with Crippen molar-refractivity contribution in [1.29, 1.82) is 0 Å². The molecule has 0 aliphatic rings. The van der Waals surface area contributed by atoms with Crippen molar-refractivity contribution in [1.82, 2.24) is 25.2 Å².